The lowest BCUT2D eigenvalue weighted by atomic mass is 9.82. The van der Waals surface area contributed by atoms with Crippen LogP contribution in [-0.2, 0) is 16.1 Å². The fourth-order valence-corrected chi connectivity index (χ4v) is 5.14. The highest BCUT2D eigenvalue weighted by Gasteiger charge is 2.32. The van der Waals surface area contributed by atoms with Crippen LogP contribution in [0.2, 0.25) is 0 Å². The minimum atomic E-state index is 0.324. The van der Waals surface area contributed by atoms with Gasteiger partial charge in [0.05, 0.1) is 6.20 Å². The molecule has 0 aromatic carbocycles. The summed E-state index contributed by atoms with van der Waals surface area (Å²) >= 11 is 0. The highest BCUT2D eigenvalue weighted by atomic mass is 16.5. The number of nitrogens with zero attached hydrogens (tertiary/aromatic N) is 3. The molecule has 1 amide bonds. The maximum Gasteiger partial charge on any atom is 0.222 e. The van der Waals surface area contributed by atoms with Gasteiger partial charge in [-0.2, -0.15) is 5.10 Å². The molecule has 6 nitrogen and oxygen atoms in total. The standard InChI is InChI=1S/C24H42N4O2/c1-4-6-13-27(3)18-21-16-25-26-24(21)20-7-9-22(10-8-20)28(23(29)5-2)17-19-11-14-30-15-12-19/h16,19-20,22H,4-15,17-18H2,1-3H3,(H,25,26). The third kappa shape index (κ3) is 6.30. The molecule has 1 N–H and O–H groups in total. The Bertz CT molecular complexity index is 633. The molecule has 1 aromatic heterocycles. The zero-order valence-corrected chi connectivity index (χ0v) is 19.4. The van der Waals surface area contributed by atoms with Crippen LogP contribution in [0.4, 0.5) is 0 Å². The van der Waals surface area contributed by atoms with Gasteiger partial charge in [0.1, 0.15) is 0 Å². The number of aromatic amines is 1. The Morgan fingerprint density at radius 2 is 1.90 bits per heavy atom. The quantitative estimate of drug-likeness (QED) is 0.614. The maximum absolute atomic E-state index is 12.7. The lowest BCUT2D eigenvalue weighted by Gasteiger charge is -2.39. The number of aromatic nitrogens is 2. The van der Waals surface area contributed by atoms with Gasteiger partial charge >= 0.3 is 0 Å². The van der Waals surface area contributed by atoms with Crippen LogP contribution in [0.15, 0.2) is 6.20 Å². The van der Waals surface area contributed by atoms with Gasteiger partial charge in [0.2, 0.25) is 5.91 Å². The Labute approximate surface area is 182 Å². The van der Waals surface area contributed by atoms with Crippen LogP contribution in [0.1, 0.15) is 88.8 Å². The summed E-state index contributed by atoms with van der Waals surface area (Å²) in [5, 5.41) is 7.69. The van der Waals surface area contributed by atoms with Crippen molar-refractivity contribution in [2.75, 3.05) is 33.4 Å². The summed E-state index contributed by atoms with van der Waals surface area (Å²) in [6, 6.07) is 0.398. The fourth-order valence-electron chi connectivity index (χ4n) is 5.14. The highest BCUT2D eigenvalue weighted by molar-refractivity contribution is 5.76. The van der Waals surface area contributed by atoms with Gasteiger partial charge in [0.15, 0.2) is 0 Å². The molecule has 2 aliphatic rings. The molecule has 1 aliphatic heterocycles. The van der Waals surface area contributed by atoms with E-state index >= 15 is 0 Å². The topological polar surface area (TPSA) is 61.5 Å². The Kier molecular flexibility index (Phi) is 9.19. The summed E-state index contributed by atoms with van der Waals surface area (Å²) in [6.45, 7) is 8.95. The Balaban J connectivity index is 1.56. The van der Waals surface area contributed by atoms with Crippen molar-refractivity contribution in [1.29, 1.82) is 0 Å². The lowest BCUT2D eigenvalue weighted by Crippen LogP contribution is -2.45. The van der Waals surface area contributed by atoms with E-state index in [1.807, 2.05) is 13.1 Å². The van der Waals surface area contributed by atoms with E-state index in [0.717, 1.165) is 71.4 Å². The third-order valence-corrected chi connectivity index (χ3v) is 7.05. The van der Waals surface area contributed by atoms with Gasteiger partial charge in [-0.1, -0.05) is 20.3 Å². The molecular weight excluding hydrogens is 376 g/mol. The molecule has 30 heavy (non-hydrogen) atoms. The van der Waals surface area contributed by atoms with Crippen molar-refractivity contribution in [1.82, 2.24) is 20.0 Å². The van der Waals surface area contributed by atoms with E-state index in [2.05, 4.69) is 34.0 Å². The molecule has 1 saturated heterocycles. The van der Waals surface area contributed by atoms with Crippen LogP contribution in [0, 0.1) is 5.92 Å². The first-order valence-corrected chi connectivity index (χ1v) is 12.2. The Morgan fingerprint density at radius 3 is 2.57 bits per heavy atom. The van der Waals surface area contributed by atoms with E-state index in [9.17, 15) is 4.79 Å². The van der Waals surface area contributed by atoms with Gasteiger partial charge in [-0.15, -0.1) is 0 Å². The molecule has 1 aromatic rings. The Morgan fingerprint density at radius 1 is 1.17 bits per heavy atom. The molecule has 3 rings (SSSR count). The van der Waals surface area contributed by atoms with Crippen molar-refractivity contribution in [3.8, 4) is 0 Å². The number of H-pyrrole nitrogens is 1. The number of nitrogens with one attached hydrogen (secondary N) is 1. The molecule has 0 radical (unpaired) electrons. The number of carbonyl (C=O) groups excluding carboxylic acids is 1. The summed E-state index contributed by atoms with van der Waals surface area (Å²) in [7, 11) is 2.20. The minimum absolute atomic E-state index is 0.324. The monoisotopic (exact) mass is 418 g/mol. The van der Waals surface area contributed by atoms with Crippen LogP contribution in [0.25, 0.3) is 0 Å². The van der Waals surface area contributed by atoms with Gasteiger partial charge in [0, 0.05) is 55.9 Å². The molecule has 0 atom stereocenters. The van der Waals surface area contributed by atoms with Crippen molar-refractivity contribution < 1.29 is 9.53 Å². The average Bonchev–Trinajstić information content (AvgIpc) is 3.24. The fraction of sp³-hybridized carbons (Fsp3) is 0.833. The number of amides is 1. The van der Waals surface area contributed by atoms with Gasteiger partial charge in [0.25, 0.3) is 0 Å². The van der Waals surface area contributed by atoms with E-state index < -0.39 is 0 Å². The first-order chi connectivity index (χ1) is 14.6. The first-order valence-electron chi connectivity index (χ1n) is 12.2. The molecule has 2 heterocycles. The normalized spacial score (nSPS) is 23.1. The van der Waals surface area contributed by atoms with Gasteiger partial charge < -0.3 is 14.5 Å². The first kappa shape index (κ1) is 23.3. The summed E-state index contributed by atoms with van der Waals surface area (Å²) in [5.74, 6) is 1.47. The molecule has 1 aliphatic carbocycles. The summed E-state index contributed by atoms with van der Waals surface area (Å²) in [5.41, 5.74) is 2.68. The molecule has 0 spiro atoms. The number of hydrogen-bond acceptors (Lipinski definition) is 4. The van der Waals surface area contributed by atoms with Gasteiger partial charge in [-0.25, -0.2) is 0 Å². The summed E-state index contributed by atoms with van der Waals surface area (Å²) in [4.78, 5) is 17.4. The largest absolute Gasteiger partial charge is 0.381 e. The number of unbranched alkanes of at least 4 members (excludes halogenated alkanes) is 1. The van der Waals surface area contributed by atoms with Crippen LogP contribution in [-0.4, -0.2) is 65.3 Å². The van der Waals surface area contributed by atoms with Crippen LogP contribution in [0.5, 0.6) is 0 Å². The molecular formula is C24H42N4O2. The SMILES string of the molecule is CCCCN(C)Cc1cn[nH]c1C1CCC(N(CC2CCOCC2)C(=O)CC)CC1. The van der Waals surface area contributed by atoms with Crippen LogP contribution >= 0.6 is 0 Å². The second kappa shape index (κ2) is 11.8. The zero-order chi connectivity index (χ0) is 21.3. The minimum Gasteiger partial charge on any atom is -0.381 e. The van der Waals surface area contributed by atoms with E-state index in [4.69, 9.17) is 4.74 Å². The smallest absolute Gasteiger partial charge is 0.222 e. The molecule has 6 heteroatoms. The molecule has 170 valence electrons. The molecule has 0 bridgehead atoms. The van der Waals surface area contributed by atoms with E-state index in [1.165, 1.54) is 24.1 Å². The van der Waals surface area contributed by atoms with Crippen molar-refractivity contribution in [3.63, 3.8) is 0 Å². The molecule has 2 fully saturated rings. The lowest BCUT2D eigenvalue weighted by molar-refractivity contribution is -0.135. The van der Waals surface area contributed by atoms with Crippen LogP contribution in [0.3, 0.4) is 0 Å². The van der Waals surface area contributed by atoms with E-state index in [1.54, 1.807) is 0 Å². The average molecular weight is 419 g/mol. The second-order valence-electron chi connectivity index (χ2n) is 9.36. The maximum atomic E-state index is 12.7. The predicted molar refractivity (Wildman–Crippen MR) is 120 cm³/mol. The predicted octanol–water partition coefficient (Wildman–Crippen LogP) is 4.33. The number of hydrogen-bond donors (Lipinski definition) is 1. The number of carbonyl (C=O) groups is 1. The summed E-state index contributed by atoms with van der Waals surface area (Å²) in [6.07, 6.45) is 11.8. The van der Waals surface area contributed by atoms with Crippen molar-refractivity contribution in [3.05, 3.63) is 17.5 Å². The molecule has 0 unspecified atom stereocenters. The van der Waals surface area contributed by atoms with Crippen molar-refractivity contribution >= 4 is 5.91 Å². The van der Waals surface area contributed by atoms with Crippen molar-refractivity contribution in [2.45, 2.75) is 90.1 Å². The zero-order valence-electron chi connectivity index (χ0n) is 19.4. The van der Waals surface area contributed by atoms with Crippen molar-refractivity contribution in [2.24, 2.45) is 5.92 Å². The number of ether oxygens (including phenoxy) is 1. The van der Waals surface area contributed by atoms with E-state index in [0.29, 0.717) is 30.2 Å². The third-order valence-electron chi connectivity index (χ3n) is 7.05. The molecule has 1 saturated carbocycles. The number of rotatable bonds is 10. The second-order valence-corrected chi connectivity index (χ2v) is 9.36. The van der Waals surface area contributed by atoms with Gasteiger partial charge in [-0.05, 0) is 64.5 Å². The Hall–Kier alpha value is -1.40. The van der Waals surface area contributed by atoms with E-state index in [-0.39, 0.29) is 0 Å². The van der Waals surface area contributed by atoms with Gasteiger partial charge in [-0.3, -0.25) is 9.89 Å². The van der Waals surface area contributed by atoms with Crippen LogP contribution < -0.4 is 0 Å². The summed E-state index contributed by atoms with van der Waals surface area (Å²) < 4.78 is 5.51. The highest BCUT2D eigenvalue weighted by Crippen LogP contribution is 2.36.